The molecule has 1 unspecified atom stereocenters. The quantitative estimate of drug-likeness (QED) is 0.725. The van der Waals surface area contributed by atoms with E-state index in [0.29, 0.717) is 11.6 Å². The van der Waals surface area contributed by atoms with E-state index in [2.05, 4.69) is 19.8 Å². The van der Waals surface area contributed by atoms with Crippen molar-refractivity contribution in [3.8, 4) is 0 Å². The zero-order valence-electron chi connectivity index (χ0n) is 16.9. The monoisotopic (exact) mass is 407 g/mol. The molecule has 6 nitrogen and oxygen atoms in total. The van der Waals surface area contributed by atoms with Crippen molar-refractivity contribution < 1.29 is 9.18 Å². The molecule has 2 fully saturated rings. The lowest BCUT2D eigenvalue weighted by Crippen LogP contribution is -2.55. The van der Waals surface area contributed by atoms with Crippen molar-refractivity contribution >= 4 is 22.6 Å². The molecule has 1 aromatic heterocycles. The van der Waals surface area contributed by atoms with Crippen LogP contribution in [0.25, 0.3) is 11.0 Å². The van der Waals surface area contributed by atoms with Gasteiger partial charge in [0.05, 0.1) is 17.4 Å². The SMILES string of the molecule is O=C(c1ccc2nc[nH]c2c1)N1CCCC(N2CCN(c3ccc(F)cc3)CC2)C1. The van der Waals surface area contributed by atoms with E-state index in [1.807, 2.05) is 35.2 Å². The van der Waals surface area contributed by atoms with E-state index in [1.165, 1.54) is 12.1 Å². The van der Waals surface area contributed by atoms with Gasteiger partial charge in [0.1, 0.15) is 5.82 Å². The smallest absolute Gasteiger partial charge is 0.253 e. The number of hydrogen-bond acceptors (Lipinski definition) is 4. The number of amides is 1. The zero-order chi connectivity index (χ0) is 20.5. The number of H-pyrrole nitrogens is 1. The summed E-state index contributed by atoms with van der Waals surface area (Å²) in [5.74, 6) is -0.0998. The maximum Gasteiger partial charge on any atom is 0.253 e. The van der Waals surface area contributed by atoms with Crippen molar-refractivity contribution in [1.82, 2.24) is 19.8 Å². The second kappa shape index (κ2) is 8.07. The van der Waals surface area contributed by atoms with Crippen LogP contribution in [0, 0.1) is 5.82 Å². The van der Waals surface area contributed by atoms with Gasteiger partial charge in [-0.2, -0.15) is 0 Å². The van der Waals surface area contributed by atoms with E-state index >= 15 is 0 Å². The second-order valence-corrected chi connectivity index (χ2v) is 8.18. The summed E-state index contributed by atoms with van der Waals surface area (Å²) in [6.45, 7) is 5.36. The molecule has 0 radical (unpaired) electrons. The molecule has 1 amide bonds. The number of rotatable bonds is 3. The van der Waals surface area contributed by atoms with Gasteiger partial charge in [-0.05, 0) is 55.3 Å². The number of carbonyl (C=O) groups excluding carboxylic acids is 1. The number of aromatic amines is 1. The molecule has 7 heteroatoms. The maximum absolute atomic E-state index is 13.2. The van der Waals surface area contributed by atoms with Gasteiger partial charge in [-0.15, -0.1) is 0 Å². The van der Waals surface area contributed by atoms with Crippen LogP contribution in [0.2, 0.25) is 0 Å². The number of piperidine rings is 1. The van der Waals surface area contributed by atoms with Crippen LogP contribution in [-0.2, 0) is 0 Å². The van der Waals surface area contributed by atoms with Crippen LogP contribution < -0.4 is 4.90 Å². The van der Waals surface area contributed by atoms with Crippen molar-refractivity contribution in [3.05, 3.63) is 60.2 Å². The van der Waals surface area contributed by atoms with Crippen molar-refractivity contribution in [2.75, 3.05) is 44.2 Å². The van der Waals surface area contributed by atoms with Gasteiger partial charge in [0, 0.05) is 56.6 Å². The van der Waals surface area contributed by atoms with E-state index < -0.39 is 0 Å². The fourth-order valence-electron chi connectivity index (χ4n) is 4.69. The Morgan fingerprint density at radius 3 is 2.63 bits per heavy atom. The van der Waals surface area contributed by atoms with Crippen LogP contribution in [0.15, 0.2) is 48.8 Å². The van der Waals surface area contributed by atoms with E-state index in [1.54, 1.807) is 6.33 Å². The van der Waals surface area contributed by atoms with Crippen LogP contribution in [0.1, 0.15) is 23.2 Å². The summed E-state index contributed by atoms with van der Waals surface area (Å²) in [6, 6.07) is 12.8. The molecular formula is C23H26FN5O. The summed E-state index contributed by atoms with van der Waals surface area (Å²) in [5.41, 5.74) is 3.56. The maximum atomic E-state index is 13.2. The van der Waals surface area contributed by atoms with Crippen molar-refractivity contribution in [3.63, 3.8) is 0 Å². The highest BCUT2D eigenvalue weighted by Gasteiger charge is 2.30. The molecule has 1 atom stereocenters. The number of hydrogen-bond donors (Lipinski definition) is 1. The number of benzene rings is 2. The minimum absolute atomic E-state index is 0.0983. The lowest BCUT2D eigenvalue weighted by Gasteiger charge is -2.44. The largest absolute Gasteiger partial charge is 0.369 e. The molecule has 0 aliphatic carbocycles. The number of anilines is 1. The van der Waals surface area contributed by atoms with Crippen molar-refractivity contribution in [1.29, 1.82) is 0 Å². The van der Waals surface area contributed by atoms with Gasteiger partial charge in [-0.1, -0.05) is 0 Å². The molecule has 0 bridgehead atoms. The fourth-order valence-corrected chi connectivity index (χ4v) is 4.69. The summed E-state index contributed by atoms with van der Waals surface area (Å²) in [7, 11) is 0. The number of nitrogens with zero attached hydrogens (tertiary/aromatic N) is 4. The first-order valence-electron chi connectivity index (χ1n) is 10.6. The summed E-state index contributed by atoms with van der Waals surface area (Å²) >= 11 is 0. The number of fused-ring (bicyclic) bond motifs is 1. The zero-order valence-corrected chi connectivity index (χ0v) is 16.9. The fraction of sp³-hybridized carbons (Fsp3) is 0.391. The van der Waals surface area contributed by atoms with Gasteiger partial charge in [-0.3, -0.25) is 9.69 Å². The number of carbonyl (C=O) groups is 1. The lowest BCUT2D eigenvalue weighted by atomic mass is 10.0. The molecule has 2 aliphatic heterocycles. The molecule has 3 heterocycles. The van der Waals surface area contributed by atoms with E-state index in [9.17, 15) is 9.18 Å². The average Bonchev–Trinajstić information content (AvgIpc) is 3.27. The predicted molar refractivity (Wildman–Crippen MR) is 115 cm³/mol. The summed E-state index contributed by atoms with van der Waals surface area (Å²) < 4.78 is 13.2. The molecule has 0 spiro atoms. The number of aromatic nitrogens is 2. The average molecular weight is 407 g/mol. The second-order valence-electron chi connectivity index (χ2n) is 8.18. The van der Waals surface area contributed by atoms with Gasteiger partial charge in [0.25, 0.3) is 5.91 Å². The molecular weight excluding hydrogens is 381 g/mol. The number of nitrogens with one attached hydrogen (secondary N) is 1. The third-order valence-electron chi connectivity index (χ3n) is 6.37. The standard InChI is InChI=1S/C23H26FN5O/c24-18-4-6-19(7-5-18)27-10-12-28(13-11-27)20-2-1-9-29(15-20)23(30)17-3-8-21-22(14-17)26-16-25-21/h3-8,14,16,20H,1-2,9-13,15H2,(H,25,26). The van der Waals surface area contributed by atoms with E-state index in [4.69, 9.17) is 0 Å². The highest BCUT2D eigenvalue weighted by atomic mass is 19.1. The van der Waals surface area contributed by atoms with Crippen LogP contribution >= 0.6 is 0 Å². The van der Waals surface area contributed by atoms with Gasteiger partial charge < -0.3 is 14.8 Å². The molecule has 156 valence electrons. The van der Waals surface area contributed by atoms with Gasteiger partial charge >= 0.3 is 0 Å². The Balaban J connectivity index is 1.21. The van der Waals surface area contributed by atoms with Gasteiger partial charge in [-0.25, -0.2) is 9.37 Å². The topological polar surface area (TPSA) is 55.5 Å². The number of imidazole rings is 1. The highest BCUT2D eigenvalue weighted by Crippen LogP contribution is 2.23. The molecule has 3 aromatic rings. The molecule has 5 rings (SSSR count). The molecule has 1 N–H and O–H groups in total. The first-order valence-corrected chi connectivity index (χ1v) is 10.6. The predicted octanol–water partition coefficient (Wildman–Crippen LogP) is 3.13. The Morgan fingerprint density at radius 1 is 1.03 bits per heavy atom. The number of likely N-dealkylation sites (tertiary alicyclic amines) is 1. The third-order valence-corrected chi connectivity index (χ3v) is 6.37. The van der Waals surface area contributed by atoms with E-state index in [-0.39, 0.29) is 11.7 Å². The Hall–Kier alpha value is -2.93. The van der Waals surface area contributed by atoms with Gasteiger partial charge in [0.15, 0.2) is 0 Å². The molecule has 2 aromatic carbocycles. The molecule has 0 saturated carbocycles. The summed E-state index contributed by atoms with van der Waals surface area (Å²) in [4.78, 5) is 27.2. The Bertz CT molecular complexity index is 1030. The molecule has 2 aliphatic rings. The summed E-state index contributed by atoms with van der Waals surface area (Å²) in [6.07, 6.45) is 3.81. The summed E-state index contributed by atoms with van der Waals surface area (Å²) in [5, 5.41) is 0. The first kappa shape index (κ1) is 19.1. The van der Waals surface area contributed by atoms with Crippen molar-refractivity contribution in [2.24, 2.45) is 0 Å². The third kappa shape index (κ3) is 3.77. The van der Waals surface area contributed by atoms with Crippen LogP contribution in [0.3, 0.4) is 0 Å². The van der Waals surface area contributed by atoms with Crippen LogP contribution in [-0.4, -0.2) is 71.0 Å². The number of piperazine rings is 1. The van der Waals surface area contributed by atoms with E-state index in [0.717, 1.165) is 68.8 Å². The molecule has 30 heavy (non-hydrogen) atoms. The first-order chi connectivity index (χ1) is 14.7. The van der Waals surface area contributed by atoms with Crippen LogP contribution in [0.4, 0.5) is 10.1 Å². The van der Waals surface area contributed by atoms with Crippen LogP contribution in [0.5, 0.6) is 0 Å². The Kier molecular flexibility index (Phi) is 5.12. The van der Waals surface area contributed by atoms with Crippen molar-refractivity contribution in [2.45, 2.75) is 18.9 Å². The Morgan fingerprint density at radius 2 is 1.83 bits per heavy atom. The minimum Gasteiger partial charge on any atom is -0.369 e. The minimum atomic E-state index is -0.198. The Labute approximate surface area is 175 Å². The molecule has 2 saturated heterocycles. The lowest BCUT2D eigenvalue weighted by molar-refractivity contribution is 0.0563. The number of halogens is 1. The normalized spacial score (nSPS) is 20.6. The highest BCUT2D eigenvalue weighted by molar-refractivity contribution is 5.97. The van der Waals surface area contributed by atoms with Gasteiger partial charge in [0.2, 0.25) is 0 Å².